The van der Waals surface area contributed by atoms with Gasteiger partial charge in [0.15, 0.2) is 5.16 Å². The van der Waals surface area contributed by atoms with Crippen molar-refractivity contribution in [2.75, 3.05) is 0 Å². The third kappa shape index (κ3) is 3.90. The third-order valence-corrected chi connectivity index (χ3v) is 6.11. The molecule has 1 heterocycles. The number of alkyl halides is 3. The lowest BCUT2D eigenvalue weighted by atomic mass is 10.1. The highest BCUT2D eigenvalue weighted by Crippen LogP contribution is 2.38. The second kappa shape index (κ2) is 7.43. The maximum Gasteiger partial charge on any atom is 0.416 e. The van der Waals surface area contributed by atoms with E-state index in [0.717, 1.165) is 35.3 Å². The van der Waals surface area contributed by atoms with Crippen LogP contribution in [0.4, 0.5) is 13.2 Å². The molecule has 0 saturated heterocycles. The largest absolute Gasteiger partial charge is 0.416 e. The van der Waals surface area contributed by atoms with Crippen LogP contribution < -0.4 is 0 Å². The van der Waals surface area contributed by atoms with Crippen molar-refractivity contribution in [1.29, 1.82) is 0 Å². The summed E-state index contributed by atoms with van der Waals surface area (Å²) in [7, 11) is 0. The Morgan fingerprint density at radius 2 is 1.70 bits per heavy atom. The number of hydrogen-bond donors (Lipinski definition) is 0. The fourth-order valence-electron chi connectivity index (χ4n) is 3.46. The number of rotatable bonds is 4. The van der Waals surface area contributed by atoms with E-state index in [-0.39, 0.29) is 0 Å². The van der Waals surface area contributed by atoms with E-state index >= 15 is 0 Å². The van der Waals surface area contributed by atoms with E-state index in [9.17, 15) is 13.2 Å². The number of aromatic nitrogens is 2. The van der Waals surface area contributed by atoms with E-state index in [1.165, 1.54) is 25.0 Å². The first-order valence-corrected chi connectivity index (χ1v) is 9.88. The summed E-state index contributed by atoms with van der Waals surface area (Å²) in [4.78, 5) is 4.57. The van der Waals surface area contributed by atoms with E-state index in [1.54, 1.807) is 24.0 Å². The summed E-state index contributed by atoms with van der Waals surface area (Å²) in [5, 5.41) is 1.22. The van der Waals surface area contributed by atoms with Gasteiger partial charge < -0.3 is 0 Å². The molecule has 27 heavy (non-hydrogen) atoms. The molecule has 0 aliphatic heterocycles. The van der Waals surface area contributed by atoms with Gasteiger partial charge in [-0.15, -0.1) is 0 Å². The van der Waals surface area contributed by atoms with Crippen molar-refractivity contribution in [3.63, 3.8) is 0 Å². The molecular formula is C21H19F3N2S. The minimum atomic E-state index is -4.37. The van der Waals surface area contributed by atoms with Gasteiger partial charge in [0, 0.05) is 16.5 Å². The zero-order chi connectivity index (χ0) is 18.9. The lowest BCUT2D eigenvalue weighted by Crippen LogP contribution is -2.07. The van der Waals surface area contributed by atoms with Crippen LogP contribution in [0.25, 0.3) is 16.9 Å². The highest BCUT2D eigenvalue weighted by molar-refractivity contribution is 7.99. The SMILES string of the molecule is FC(F)(F)c1cccc(-n2c(-c3ccccc3)cnc2SC2CCCC2)c1. The van der Waals surface area contributed by atoms with Gasteiger partial charge in [-0.25, -0.2) is 4.98 Å². The van der Waals surface area contributed by atoms with Crippen molar-refractivity contribution in [3.8, 4) is 16.9 Å². The third-order valence-electron chi connectivity index (χ3n) is 4.80. The van der Waals surface area contributed by atoms with Crippen molar-refractivity contribution >= 4 is 11.8 Å². The number of thioether (sulfide) groups is 1. The van der Waals surface area contributed by atoms with E-state index < -0.39 is 11.7 Å². The number of benzene rings is 2. The van der Waals surface area contributed by atoms with Crippen molar-refractivity contribution in [2.24, 2.45) is 0 Å². The second-order valence-electron chi connectivity index (χ2n) is 6.70. The topological polar surface area (TPSA) is 17.8 Å². The Morgan fingerprint density at radius 1 is 0.963 bits per heavy atom. The quantitative estimate of drug-likeness (QED) is 0.501. The Morgan fingerprint density at radius 3 is 2.41 bits per heavy atom. The number of imidazole rings is 1. The molecule has 0 radical (unpaired) electrons. The summed E-state index contributed by atoms with van der Waals surface area (Å²) < 4.78 is 41.5. The average molecular weight is 388 g/mol. The van der Waals surface area contributed by atoms with Crippen LogP contribution in [0.2, 0.25) is 0 Å². The Bertz CT molecular complexity index is 913. The summed E-state index contributed by atoms with van der Waals surface area (Å²) in [5.74, 6) is 0. The Hall–Kier alpha value is -2.21. The van der Waals surface area contributed by atoms with Crippen LogP contribution in [-0.4, -0.2) is 14.8 Å². The van der Waals surface area contributed by atoms with E-state index in [1.807, 2.05) is 34.9 Å². The molecule has 0 atom stereocenters. The van der Waals surface area contributed by atoms with Crippen LogP contribution in [0.15, 0.2) is 66.0 Å². The molecule has 0 amide bonds. The Balaban J connectivity index is 1.82. The molecule has 4 rings (SSSR count). The Kier molecular flexibility index (Phi) is 5.00. The molecule has 1 saturated carbocycles. The highest BCUT2D eigenvalue weighted by Gasteiger charge is 2.31. The zero-order valence-corrected chi connectivity index (χ0v) is 15.4. The van der Waals surface area contributed by atoms with Crippen LogP contribution in [0.3, 0.4) is 0 Å². The highest BCUT2D eigenvalue weighted by atomic mass is 32.2. The lowest BCUT2D eigenvalue weighted by Gasteiger charge is -2.16. The van der Waals surface area contributed by atoms with Gasteiger partial charge in [0.25, 0.3) is 0 Å². The van der Waals surface area contributed by atoms with E-state index in [2.05, 4.69) is 4.98 Å². The predicted octanol–water partition coefficient (Wildman–Crippen LogP) is 6.59. The lowest BCUT2D eigenvalue weighted by molar-refractivity contribution is -0.137. The maximum absolute atomic E-state index is 13.2. The fraction of sp³-hybridized carbons (Fsp3) is 0.286. The second-order valence-corrected chi connectivity index (χ2v) is 7.97. The smallest absolute Gasteiger partial charge is 0.287 e. The number of nitrogens with zero attached hydrogens (tertiary/aromatic N) is 2. The Labute approximate surface area is 160 Å². The van der Waals surface area contributed by atoms with Gasteiger partial charge in [-0.3, -0.25) is 4.57 Å². The molecule has 1 aliphatic carbocycles. The minimum absolute atomic E-state index is 0.473. The first kappa shape index (κ1) is 18.2. The van der Waals surface area contributed by atoms with Gasteiger partial charge in [-0.2, -0.15) is 13.2 Å². The molecule has 0 bridgehead atoms. The summed E-state index contributed by atoms with van der Waals surface area (Å²) in [6.45, 7) is 0. The van der Waals surface area contributed by atoms with Gasteiger partial charge in [-0.05, 0) is 31.0 Å². The summed E-state index contributed by atoms with van der Waals surface area (Å²) in [6.07, 6.45) is 2.04. The van der Waals surface area contributed by atoms with Gasteiger partial charge in [0.1, 0.15) is 0 Å². The van der Waals surface area contributed by atoms with Gasteiger partial charge in [-0.1, -0.05) is 61.0 Å². The molecule has 0 N–H and O–H groups in total. The van der Waals surface area contributed by atoms with Crippen molar-refractivity contribution in [3.05, 3.63) is 66.4 Å². The van der Waals surface area contributed by atoms with Crippen LogP contribution in [0.1, 0.15) is 31.2 Å². The maximum atomic E-state index is 13.2. The molecule has 2 aromatic carbocycles. The molecule has 1 fully saturated rings. The predicted molar refractivity (Wildman–Crippen MR) is 102 cm³/mol. The minimum Gasteiger partial charge on any atom is -0.287 e. The van der Waals surface area contributed by atoms with E-state index in [0.29, 0.717) is 10.9 Å². The summed E-state index contributed by atoms with van der Waals surface area (Å²) >= 11 is 1.67. The molecule has 1 aliphatic rings. The molecule has 0 unspecified atom stereocenters. The van der Waals surface area contributed by atoms with Gasteiger partial charge in [0.2, 0.25) is 0 Å². The molecule has 3 aromatic rings. The van der Waals surface area contributed by atoms with Crippen molar-refractivity contribution in [2.45, 2.75) is 42.3 Å². The first-order valence-electron chi connectivity index (χ1n) is 9.00. The van der Waals surface area contributed by atoms with Crippen LogP contribution >= 0.6 is 11.8 Å². The van der Waals surface area contributed by atoms with Crippen molar-refractivity contribution in [1.82, 2.24) is 9.55 Å². The standard InChI is InChI=1S/C21H19F3N2S/c22-21(23,24)16-9-6-10-17(13-16)26-19(15-7-2-1-3-8-15)14-25-20(26)27-18-11-4-5-12-18/h1-3,6-10,13-14,18H,4-5,11-12H2. The monoisotopic (exact) mass is 388 g/mol. The van der Waals surface area contributed by atoms with Crippen LogP contribution in [-0.2, 0) is 6.18 Å². The molecule has 140 valence electrons. The van der Waals surface area contributed by atoms with Crippen LogP contribution in [0, 0.1) is 0 Å². The fourth-order valence-corrected chi connectivity index (χ4v) is 4.75. The molecule has 2 nitrogen and oxygen atoms in total. The summed E-state index contributed by atoms with van der Waals surface area (Å²) in [5.41, 5.74) is 1.57. The van der Waals surface area contributed by atoms with E-state index in [4.69, 9.17) is 0 Å². The summed E-state index contributed by atoms with van der Waals surface area (Å²) in [6, 6.07) is 15.1. The number of hydrogen-bond acceptors (Lipinski definition) is 2. The molecule has 6 heteroatoms. The average Bonchev–Trinajstić information content (AvgIpc) is 3.32. The van der Waals surface area contributed by atoms with Crippen LogP contribution in [0.5, 0.6) is 0 Å². The van der Waals surface area contributed by atoms with Gasteiger partial charge in [0.05, 0.1) is 17.5 Å². The first-order chi connectivity index (χ1) is 13.0. The van der Waals surface area contributed by atoms with Gasteiger partial charge >= 0.3 is 6.18 Å². The molecular weight excluding hydrogens is 369 g/mol. The zero-order valence-electron chi connectivity index (χ0n) is 14.6. The number of halogens is 3. The normalized spacial score (nSPS) is 15.4. The molecule has 0 spiro atoms. The van der Waals surface area contributed by atoms with Crippen molar-refractivity contribution < 1.29 is 13.2 Å². The molecule has 1 aromatic heterocycles.